The maximum absolute atomic E-state index is 6.33. The molecule has 2 N–H and O–H groups in total. The van der Waals surface area contributed by atoms with Crippen LogP contribution in [0.5, 0.6) is 0 Å². The van der Waals surface area contributed by atoms with Crippen molar-refractivity contribution in [1.82, 2.24) is 5.01 Å². The summed E-state index contributed by atoms with van der Waals surface area (Å²) in [4.78, 5) is 0. The molecule has 26 valence electrons. The monoisotopic (exact) mass is 61.1 g/mol. The molecule has 0 atom stereocenters. The smallest absolute Gasteiger partial charge is 0.138 e. The van der Waals surface area contributed by atoms with E-state index in [1.807, 2.05) is 0 Å². The second-order valence-corrected chi connectivity index (χ2v) is 0.894. The van der Waals surface area contributed by atoms with Crippen LogP contribution in [0, 0.1) is 0 Å². The molecule has 0 amide bonds. The first-order valence-electron chi connectivity index (χ1n) is 1.62. The normalized spacial score (nSPS) is 12.2. The number of rotatable bonds is 1. The Hall–Kier alpha value is -0.0800. The van der Waals surface area contributed by atoms with Crippen molar-refractivity contribution in [3.63, 3.8) is 0 Å². The van der Waals surface area contributed by atoms with E-state index < -0.39 is 0 Å². The quantitative estimate of drug-likeness (QED) is 0.325. The zero-order valence-corrected chi connectivity index (χ0v) is 2.95. The van der Waals surface area contributed by atoms with Crippen LogP contribution in [-0.4, -0.2) is 19.1 Å². The average Bonchev–Trinajstić information content (AvgIpc) is 1.38. The van der Waals surface area contributed by atoms with Gasteiger partial charge in [-0.25, -0.2) is 0 Å². The summed E-state index contributed by atoms with van der Waals surface area (Å²) in [7, 11) is 3.51. The molecular weight excluding hydrogens is 52.0 g/mol. The Morgan fingerprint density at radius 3 is 2.25 bits per heavy atom. The minimum absolute atomic E-state index is 1.54. The van der Waals surface area contributed by atoms with Gasteiger partial charge in [-0.15, -0.1) is 0 Å². The zero-order valence-electron chi connectivity index (χ0n) is 3.95. The minimum atomic E-state index is 1.54. The lowest BCUT2D eigenvalue weighted by atomic mass is 11.2. The molecule has 0 aromatic carbocycles. The van der Waals surface area contributed by atoms with E-state index in [4.69, 9.17) is 1.41 Å². The van der Waals surface area contributed by atoms with Gasteiger partial charge < -0.3 is 0 Å². The van der Waals surface area contributed by atoms with Crippen LogP contribution in [0.1, 0.15) is 0 Å². The average molecular weight is 61.1 g/mol. The number of nitrogens with two attached hydrogens (primary N) is 1. The predicted molar refractivity (Wildman–Crippen MR) is 17.9 cm³/mol. The van der Waals surface area contributed by atoms with Gasteiger partial charge in [0.15, 0.2) is 0 Å². The number of hydrogen-bond acceptors (Lipinski definition) is 2. The van der Waals surface area contributed by atoms with E-state index in [-0.39, 0.29) is 0 Å². The molecule has 0 radical (unpaired) electrons. The summed E-state index contributed by atoms with van der Waals surface area (Å²) in [5.74, 6) is 2.11. The van der Waals surface area contributed by atoms with E-state index in [2.05, 4.69) is 5.84 Å². The largest absolute Gasteiger partial charge is 0.269 e. The summed E-state index contributed by atoms with van der Waals surface area (Å²) in [6, 6.07) is 0. The van der Waals surface area contributed by atoms with E-state index in [9.17, 15) is 0 Å². The molecule has 4 heavy (non-hydrogen) atoms. The lowest BCUT2D eigenvalue weighted by Crippen LogP contribution is -2.18. The third-order valence-corrected chi connectivity index (χ3v) is 0. The molecule has 0 saturated heterocycles. The van der Waals surface area contributed by atoms with Gasteiger partial charge in [0, 0.05) is 14.1 Å². The van der Waals surface area contributed by atoms with Gasteiger partial charge in [-0.1, -0.05) is 0 Å². The first-order valence-corrected chi connectivity index (χ1v) is 1.12. The fourth-order valence-corrected chi connectivity index (χ4v) is 0. The Labute approximate surface area is 27.6 Å². The van der Waals surface area contributed by atoms with Crippen molar-refractivity contribution in [1.29, 1.82) is 0 Å². The summed E-state index contributed by atoms with van der Waals surface area (Å²) in [6.07, 6.45) is 0. The Bertz CT molecular complexity index is 21.6. The Kier molecular flexibility index (Phi) is 0.686. The van der Waals surface area contributed by atoms with Gasteiger partial charge >= 0.3 is 0 Å². The van der Waals surface area contributed by atoms with Crippen LogP contribution in [0.2, 0.25) is 1.41 Å². The second kappa shape index (κ2) is 1.26. The molecule has 2 nitrogen and oxygen atoms in total. The first-order chi connectivity index (χ1) is 2.27. The molecule has 0 fully saturated rings. The van der Waals surface area contributed by atoms with Gasteiger partial charge in [-0.2, -0.15) is 0 Å². The van der Waals surface area contributed by atoms with Gasteiger partial charge in [0.2, 0.25) is 0 Å². The number of hydrazine groups is 1. The van der Waals surface area contributed by atoms with Crippen LogP contribution in [-0.2, 0) is 0 Å². The van der Waals surface area contributed by atoms with Gasteiger partial charge in [-0.3, -0.25) is 10.8 Å². The molecule has 0 aromatic rings. The van der Waals surface area contributed by atoms with E-state index >= 15 is 0 Å². The van der Waals surface area contributed by atoms with Gasteiger partial charge in [0.25, 0.3) is 0 Å². The number of nitrogens with zero attached hydrogens (tertiary/aromatic N) is 1. The van der Waals surface area contributed by atoms with E-state index in [1.165, 1.54) is 0 Å². The molecular formula is C2H8N2. The summed E-state index contributed by atoms with van der Waals surface area (Å²) >= 11 is 0. The molecule has 0 aliphatic rings. The van der Waals surface area contributed by atoms with Crippen LogP contribution in [0.3, 0.4) is 0 Å². The van der Waals surface area contributed by atoms with E-state index in [1.54, 1.807) is 19.1 Å². The SMILES string of the molecule is [2H]NN(C)C. The van der Waals surface area contributed by atoms with Crippen LogP contribution >= 0.6 is 0 Å². The standard InChI is InChI=1S/C2H8N2/c1-4(2)3/h3H2,1-2H3/i/hD. The molecule has 0 rings (SSSR count). The van der Waals surface area contributed by atoms with Crippen molar-refractivity contribution in [2.75, 3.05) is 14.1 Å². The first kappa shape index (κ1) is 2.18. The Morgan fingerprint density at radius 1 is 2.00 bits per heavy atom. The highest BCUT2D eigenvalue weighted by atomic mass is 15.4. The van der Waals surface area contributed by atoms with Gasteiger partial charge in [0.05, 0.1) is 0 Å². The molecule has 0 aliphatic heterocycles. The van der Waals surface area contributed by atoms with Gasteiger partial charge in [0.1, 0.15) is 1.41 Å². The third kappa shape index (κ3) is 254. The molecule has 2 heteroatoms. The van der Waals surface area contributed by atoms with Crippen LogP contribution < -0.4 is 5.84 Å². The molecule has 0 bridgehead atoms. The Morgan fingerprint density at radius 2 is 2.25 bits per heavy atom. The van der Waals surface area contributed by atoms with Crippen molar-refractivity contribution >= 4 is 0 Å². The lowest BCUT2D eigenvalue weighted by Gasteiger charge is -1.91. The highest BCUT2D eigenvalue weighted by molar-refractivity contribution is 4.01. The maximum atomic E-state index is 6.33. The van der Waals surface area contributed by atoms with Crippen molar-refractivity contribution in [2.24, 2.45) is 5.84 Å². The van der Waals surface area contributed by atoms with Crippen LogP contribution in [0.25, 0.3) is 0 Å². The van der Waals surface area contributed by atoms with Crippen molar-refractivity contribution in [2.45, 2.75) is 0 Å². The minimum Gasteiger partial charge on any atom is -0.269 e. The molecule has 0 spiro atoms. The van der Waals surface area contributed by atoms with E-state index in [0.717, 1.165) is 0 Å². The molecule has 0 aliphatic carbocycles. The van der Waals surface area contributed by atoms with Crippen LogP contribution in [0.15, 0.2) is 0 Å². The number of hydrogen-bond donors (Lipinski definition) is 1. The molecule has 0 unspecified atom stereocenters. The predicted octanol–water partition coefficient (Wildman–Crippen LogP) is -0.578. The highest BCUT2D eigenvalue weighted by Gasteiger charge is 1.57. The molecule has 0 heterocycles. The van der Waals surface area contributed by atoms with Crippen molar-refractivity contribution < 1.29 is 1.41 Å². The zero-order chi connectivity index (χ0) is 4.28. The summed E-state index contributed by atoms with van der Waals surface area (Å²) in [5.41, 5.74) is 0. The Balaban J connectivity index is 2.54. The fraction of sp³-hybridized carbons (Fsp3) is 1.00. The lowest BCUT2D eigenvalue weighted by molar-refractivity contribution is 0.432. The summed E-state index contributed by atoms with van der Waals surface area (Å²) in [5, 5.41) is 1.54. The van der Waals surface area contributed by atoms with Gasteiger partial charge in [-0.05, 0) is 0 Å². The van der Waals surface area contributed by atoms with Crippen LogP contribution in [0.4, 0.5) is 0 Å². The molecule has 0 aromatic heterocycles. The topological polar surface area (TPSA) is 29.3 Å². The highest BCUT2D eigenvalue weighted by Crippen LogP contribution is 1.37. The summed E-state index contributed by atoms with van der Waals surface area (Å²) < 4.78 is 6.33. The fourth-order valence-electron chi connectivity index (χ4n) is 0. The molecule has 0 saturated carbocycles. The van der Waals surface area contributed by atoms with Crippen molar-refractivity contribution in [3.05, 3.63) is 0 Å². The summed E-state index contributed by atoms with van der Waals surface area (Å²) in [6.45, 7) is 0. The van der Waals surface area contributed by atoms with Crippen molar-refractivity contribution in [3.8, 4) is 0 Å². The van der Waals surface area contributed by atoms with E-state index in [0.29, 0.717) is 0 Å². The maximum Gasteiger partial charge on any atom is 0.138 e. The second-order valence-electron chi connectivity index (χ2n) is 0.894. The third-order valence-electron chi connectivity index (χ3n) is 0.